The molecule has 0 saturated heterocycles. The monoisotopic (exact) mass is 386 g/mol. The molecule has 0 spiro atoms. The van der Waals surface area contributed by atoms with Crippen molar-refractivity contribution < 1.29 is 5.11 Å². The van der Waals surface area contributed by atoms with E-state index in [2.05, 4.69) is 44.0 Å². The average Bonchev–Trinajstić information content (AvgIpc) is 2.31. The van der Waals surface area contributed by atoms with Crippen molar-refractivity contribution in [1.82, 2.24) is 0 Å². The highest BCUT2D eigenvalue weighted by Gasteiger charge is 2.07. The molecular formula is C14H12Br2OS. The zero-order valence-corrected chi connectivity index (χ0v) is 13.7. The van der Waals surface area contributed by atoms with Crippen LogP contribution in [0.25, 0.3) is 0 Å². The summed E-state index contributed by atoms with van der Waals surface area (Å²) >= 11 is 8.70. The molecule has 1 nitrogen and oxygen atoms in total. The van der Waals surface area contributed by atoms with E-state index < -0.39 is 6.10 Å². The molecule has 0 aliphatic heterocycles. The Hall–Kier alpha value is -0.290. The molecule has 0 unspecified atom stereocenters. The van der Waals surface area contributed by atoms with Crippen LogP contribution in [0, 0.1) is 0 Å². The van der Waals surface area contributed by atoms with Crippen LogP contribution in [0.4, 0.5) is 0 Å². The highest BCUT2D eigenvalue weighted by molar-refractivity contribution is 9.10. The largest absolute Gasteiger partial charge is 0.389 e. The van der Waals surface area contributed by atoms with Gasteiger partial charge in [-0.05, 0) is 58.7 Å². The summed E-state index contributed by atoms with van der Waals surface area (Å²) < 4.78 is 2.08. The quantitative estimate of drug-likeness (QED) is 0.758. The van der Waals surface area contributed by atoms with Gasteiger partial charge in [-0.15, -0.1) is 0 Å². The van der Waals surface area contributed by atoms with E-state index in [1.165, 1.54) is 4.90 Å². The van der Waals surface area contributed by atoms with Crippen LogP contribution in [-0.4, -0.2) is 5.11 Å². The second-order valence-electron chi connectivity index (χ2n) is 3.93. The minimum absolute atomic E-state index is 0.439. The van der Waals surface area contributed by atoms with Crippen LogP contribution in [0.3, 0.4) is 0 Å². The first kappa shape index (κ1) is 14.1. The lowest BCUT2D eigenvalue weighted by atomic mass is 10.1. The van der Waals surface area contributed by atoms with E-state index in [-0.39, 0.29) is 0 Å². The fraction of sp³-hybridized carbons (Fsp3) is 0.143. The molecule has 2 aromatic rings. The van der Waals surface area contributed by atoms with Crippen molar-refractivity contribution in [3.8, 4) is 0 Å². The van der Waals surface area contributed by atoms with Crippen LogP contribution < -0.4 is 0 Å². The summed E-state index contributed by atoms with van der Waals surface area (Å²) in [5, 5.41) is 9.53. The Kier molecular flexibility index (Phi) is 4.90. The molecule has 2 rings (SSSR count). The fourth-order valence-corrected chi connectivity index (χ4v) is 3.59. The van der Waals surface area contributed by atoms with Gasteiger partial charge in [-0.3, -0.25) is 0 Å². The summed E-state index contributed by atoms with van der Waals surface area (Å²) in [6.07, 6.45) is -0.439. The Morgan fingerprint density at radius 1 is 1.11 bits per heavy atom. The van der Waals surface area contributed by atoms with Gasteiger partial charge in [-0.25, -0.2) is 0 Å². The molecule has 0 aliphatic carbocycles. The highest BCUT2D eigenvalue weighted by atomic mass is 79.9. The van der Waals surface area contributed by atoms with Gasteiger partial charge >= 0.3 is 0 Å². The summed E-state index contributed by atoms with van der Waals surface area (Å²) in [6, 6.07) is 14.1. The summed E-state index contributed by atoms with van der Waals surface area (Å²) in [6.45, 7) is 1.77. The van der Waals surface area contributed by atoms with E-state index in [0.717, 1.165) is 19.4 Å². The first-order chi connectivity index (χ1) is 8.56. The third-order valence-electron chi connectivity index (χ3n) is 2.46. The number of halogens is 2. The van der Waals surface area contributed by atoms with Crippen molar-refractivity contribution in [1.29, 1.82) is 0 Å². The van der Waals surface area contributed by atoms with E-state index in [1.807, 2.05) is 30.3 Å². The molecule has 18 heavy (non-hydrogen) atoms. The summed E-state index contributed by atoms with van der Waals surface area (Å²) in [7, 11) is 0. The van der Waals surface area contributed by atoms with Gasteiger partial charge < -0.3 is 5.11 Å². The zero-order valence-electron chi connectivity index (χ0n) is 9.73. The molecule has 1 N–H and O–H groups in total. The predicted octanol–water partition coefficient (Wildman–Crippen LogP) is 5.42. The number of benzene rings is 2. The predicted molar refractivity (Wildman–Crippen MR) is 83.0 cm³/mol. The first-order valence-corrected chi connectivity index (χ1v) is 7.87. The second-order valence-corrected chi connectivity index (χ2v) is 6.81. The topological polar surface area (TPSA) is 20.2 Å². The lowest BCUT2D eigenvalue weighted by Gasteiger charge is -2.09. The van der Waals surface area contributed by atoms with Gasteiger partial charge in [0.25, 0.3) is 0 Å². The maximum absolute atomic E-state index is 9.53. The molecule has 94 valence electrons. The van der Waals surface area contributed by atoms with Gasteiger partial charge in [0, 0.05) is 18.7 Å². The smallest absolute Gasteiger partial charge is 0.0762 e. The molecule has 0 radical (unpaired) electrons. The van der Waals surface area contributed by atoms with Crippen molar-refractivity contribution >= 4 is 43.6 Å². The summed E-state index contributed by atoms with van der Waals surface area (Å²) in [5.74, 6) is 0. The summed E-state index contributed by atoms with van der Waals surface area (Å²) in [5.41, 5.74) is 0.917. The fourth-order valence-electron chi connectivity index (χ4n) is 1.52. The Bertz CT molecular complexity index is 555. The molecule has 0 fully saturated rings. The van der Waals surface area contributed by atoms with Crippen molar-refractivity contribution in [2.45, 2.75) is 22.8 Å². The Morgan fingerprint density at radius 3 is 2.50 bits per heavy atom. The van der Waals surface area contributed by atoms with Crippen LogP contribution in [0.1, 0.15) is 18.6 Å². The van der Waals surface area contributed by atoms with Crippen LogP contribution in [0.15, 0.2) is 61.2 Å². The van der Waals surface area contributed by atoms with Gasteiger partial charge in [0.05, 0.1) is 6.10 Å². The minimum atomic E-state index is -0.439. The first-order valence-electron chi connectivity index (χ1n) is 5.47. The Morgan fingerprint density at radius 2 is 1.89 bits per heavy atom. The van der Waals surface area contributed by atoms with E-state index in [0.29, 0.717) is 0 Å². The minimum Gasteiger partial charge on any atom is -0.389 e. The molecule has 1 atom stereocenters. The van der Waals surface area contributed by atoms with Crippen molar-refractivity contribution in [3.63, 3.8) is 0 Å². The number of rotatable bonds is 3. The molecule has 0 aliphatic rings. The highest BCUT2D eigenvalue weighted by Crippen LogP contribution is 2.35. The second kappa shape index (κ2) is 6.24. The van der Waals surface area contributed by atoms with Crippen LogP contribution in [0.5, 0.6) is 0 Å². The molecule has 0 bridgehead atoms. The zero-order chi connectivity index (χ0) is 13.1. The third kappa shape index (κ3) is 3.60. The van der Waals surface area contributed by atoms with Gasteiger partial charge in [0.2, 0.25) is 0 Å². The number of aliphatic hydroxyl groups excluding tert-OH is 1. The number of hydrogen-bond donors (Lipinski definition) is 1. The van der Waals surface area contributed by atoms with Gasteiger partial charge in [-0.2, -0.15) is 0 Å². The van der Waals surface area contributed by atoms with Crippen LogP contribution in [0.2, 0.25) is 0 Å². The molecule has 0 saturated carbocycles. The average molecular weight is 388 g/mol. The Balaban J connectivity index is 2.24. The lowest BCUT2D eigenvalue weighted by Crippen LogP contribution is -1.90. The molecule has 0 heterocycles. The van der Waals surface area contributed by atoms with E-state index in [1.54, 1.807) is 18.7 Å². The van der Waals surface area contributed by atoms with Gasteiger partial charge in [-0.1, -0.05) is 39.8 Å². The molecule has 0 aromatic heterocycles. The number of hydrogen-bond acceptors (Lipinski definition) is 2. The Labute approximate surface area is 128 Å². The third-order valence-corrected chi connectivity index (χ3v) is 4.94. The lowest BCUT2D eigenvalue weighted by molar-refractivity contribution is 0.199. The van der Waals surface area contributed by atoms with Gasteiger partial charge in [0.1, 0.15) is 0 Å². The normalized spacial score (nSPS) is 12.4. The van der Waals surface area contributed by atoms with Crippen LogP contribution in [-0.2, 0) is 0 Å². The van der Waals surface area contributed by atoms with E-state index >= 15 is 0 Å². The maximum atomic E-state index is 9.53. The van der Waals surface area contributed by atoms with Crippen LogP contribution >= 0.6 is 43.6 Å². The standard InChI is InChI=1S/C14H12Br2OS/c1-9(17)10-5-6-14(13(16)7-10)18-12-4-2-3-11(15)8-12/h2-9,17H,1H3/t9-/m0/s1. The van der Waals surface area contributed by atoms with E-state index in [4.69, 9.17) is 0 Å². The van der Waals surface area contributed by atoms with Gasteiger partial charge in [0.15, 0.2) is 0 Å². The molecule has 4 heteroatoms. The van der Waals surface area contributed by atoms with Crippen molar-refractivity contribution in [2.24, 2.45) is 0 Å². The molecule has 2 aromatic carbocycles. The molecule has 0 amide bonds. The number of aliphatic hydroxyl groups is 1. The van der Waals surface area contributed by atoms with Crippen molar-refractivity contribution in [2.75, 3.05) is 0 Å². The van der Waals surface area contributed by atoms with E-state index in [9.17, 15) is 5.11 Å². The van der Waals surface area contributed by atoms with Crippen molar-refractivity contribution in [3.05, 3.63) is 57.0 Å². The maximum Gasteiger partial charge on any atom is 0.0762 e. The molecular weight excluding hydrogens is 376 g/mol. The SMILES string of the molecule is C[C@H](O)c1ccc(Sc2cccc(Br)c2)c(Br)c1. The summed E-state index contributed by atoms with van der Waals surface area (Å²) in [4.78, 5) is 2.31.